The van der Waals surface area contributed by atoms with Gasteiger partial charge in [-0.05, 0) is 82.8 Å². The first-order valence-corrected chi connectivity index (χ1v) is 9.91. The average molecular weight is 435 g/mol. The minimum Gasteiger partial charge on any atom is -0.502 e. The van der Waals surface area contributed by atoms with Crippen molar-refractivity contribution in [1.82, 2.24) is 5.32 Å². The summed E-state index contributed by atoms with van der Waals surface area (Å²) in [6.07, 6.45) is 3.35. The lowest BCUT2D eigenvalue weighted by atomic mass is 10.00. The number of phenols is 1. The van der Waals surface area contributed by atoms with Crippen LogP contribution in [0.2, 0.25) is 0 Å². The second-order valence-corrected chi connectivity index (χ2v) is 7.29. The van der Waals surface area contributed by atoms with Crippen molar-refractivity contribution in [2.24, 2.45) is 0 Å². The van der Waals surface area contributed by atoms with Gasteiger partial charge in [-0.2, -0.15) is 0 Å². The third-order valence-electron chi connectivity index (χ3n) is 5.44. The van der Waals surface area contributed by atoms with E-state index in [1.807, 2.05) is 13.0 Å². The van der Waals surface area contributed by atoms with E-state index in [1.54, 1.807) is 30.3 Å². The molecule has 3 aromatic rings. The van der Waals surface area contributed by atoms with Gasteiger partial charge in [0, 0.05) is 6.54 Å². The second kappa shape index (κ2) is 8.63. The quantitative estimate of drug-likeness (QED) is 0.576. The summed E-state index contributed by atoms with van der Waals surface area (Å²) in [7, 11) is 2.92. The number of furan rings is 1. The first-order chi connectivity index (χ1) is 15.4. The Labute approximate surface area is 184 Å². The zero-order valence-electron chi connectivity index (χ0n) is 17.9. The minimum atomic E-state index is -0.361. The van der Waals surface area contributed by atoms with Crippen molar-refractivity contribution in [3.8, 4) is 17.2 Å². The van der Waals surface area contributed by atoms with Gasteiger partial charge in [0.15, 0.2) is 17.3 Å². The Hall–Kier alpha value is -4.00. The molecule has 1 amide bonds. The van der Waals surface area contributed by atoms with Gasteiger partial charge in [-0.15, -0.1) is 0 Å². The Balaban J connectivity index is 1.75. The molecule has 4 rings (SSSR count). The molecular formula is C25H22FNO5. The molecule has 0 spiro atoms. The van der Waals surface area contributed by atoms with E-state index < -0.39 is 0 Å². The predicted octanol–water partition coefficient (Wildman–Crippen LogP) is 4.90. The molecule has 0 radical (unpaired) electrons. The summed E-state index contributed by atoms with van der Waals surface area (Å²) in [6.45, 7) is 2.13. The lowest BCUT2D eigenvalue weighted by molar-refractivity contribution is 0.0931. The van der Waals surface area contributed by atoms with Crippen LogP contribution in [0, 0.1) is 5.82 Å². The highest BCUT2D eigenvalue weighted by molar-refractivity contribution is 6.06. The Morgan fingerprint density at radius 3 is 2.47 bits per heavy atom. The average Bonchev–Trinajstić information content (AvgIpc) is 3.41. The number of halogens is 1. The van der Waals surface area contributed by atoms with Crippen LogP contribution in [-0.4, -0.2) is 31.8 Å². The van der Waals surface area contributed by atoms with Gasteiger partial charge in [-0.3, -0.25) is 4.79 Å². The maximum Gasteiger partial charge on any atom is 0.287 e. The molecule has 1 heterocycles. The van der Waals surface area contributed by atoms with E-state index in [-0.39, 0.29) is 41.3 Å². The van der Waals surface area contributed by atoms with E-state index in [9.17, 15) is 14.3 Å². The van der Waals surface area contributed by atoms with Crippen molar-refractivity contribution in [3.63, 3.8) is 0 Å². The van der Waals surface area contributed by atoms with Crippen LogP contribution in [0.1, 0.15) is 34.2 Å². The van der Waals surface area contributed by atoms with Gasteiger partial charge in [0.25, 0.3) is 5.91 Å². The Bertz CT molecular complexity index is 1220. The number of phenolic OH excluding ortho intramolecular Hbond substituents is 1. The highest BCUT2D eigenvalue weighted by atomic mass is 19.1. The van der Waals surface area contributed by atoms with E-state index in [4.69, 9.17) is 13.9 Å². The molecular weight excluding hydrogens is 413 g/mol. The zero-order chi connectivity index (χ0) is 22.8. The molecule has 1 aliphatic rings. The third-order valence-corrected chi connectivity index (χ3v) is 5.44. The van der Waals surface area contributed by atoms with Gasteiger partial charge in [0.2, 0.25) is 5.75 Å². The summed E-state index contributed by atoms with van der Waals surface area (Å²) in [6, 6.07) is 11.2. The van der Waals surface area contributed by atoms with Crippen molar-refractivity contribution in [1.29, 1.82) is 0 Å². The van der Waals surface area contributed by atoms with Gasteiger partial charge >= 0.3 is 0 Å². The molecule has 0 unspecified atom stereocenters. The third kappa shape index (κ3) is 3.85. The van der Waals surface area contributed by atoms with Gasteiger partial charge in [0.1, 0.15) is 5.82 Å². The fourth-order valence-electron chi connectivity index (χ4n) is 3.81. The number of methoxy groups -OCH3 is 2. The molecule has 0 saturated heterocycles. The van der Waals surface area contributed by atoms with Crippen LogP contribution in [-0.2, 0) is 0 Å². The van der Waals surface area contributed by atoms with Crippen molar-refractivity contribution in [2.75, 3.05) is 20.8 Å². The van der Waals surface area contributed by atoms with Crippen molar-refractivity contribution >= 4 is 23.1 Å². The Morgan fingerprint density at radius 1 is 1.12 bits per heavy atom. The van der Waals surface area contributed by atoms with E-state index in [0.29, 0.717) is 5.56 Å². The lowest BCUT2D eigenvalue weighted by Gasteiger charge is -2.11. The highest BCUT2D eigenvalue weighted by Crippen LogP contribution is 2.44. The first-order valence-electron chi connectivity index (χ1n) is 9.91. The van der Waals surface area contributed by atoms with E-state index in [1.165, 1.54) is 32.6 Å². The van der Waals surface area contributed by atoms with Gasteiger partial charge < -0.3 is 24.3 Å². The number of amides is 1. The number of ether oxygens (including phenoxy) is 2. The molecule has 0 aliphatic heterocycles. The number of hydrogen-bond acceptors (Lipinski definition) is 5. The van der Waals surface area contributed by atoms with Gasteiger partial charge in [-0.25, -0.2) is 4.39 Å². The molecule has 0 bridgehead atoms. The zero-order valence-corrected chi connectivity index (χ0v) is 17.9. The van der Waals surface area contributed by atoms with Crippen molar-refractivity contribution < 1.29 is 28.2 Å². The molecule has 0 saturated carbocycles. The van der Waals surface area contributed by atoms with Gasteiger partial charge in [0.05, 0.1) is 20.5 Å². The van der Waals surface area contributed by atoms with Crippen LogP contribution in [0.5, 0.6) is 17.2 Å². The van der Waals surface area contributed by atoms with Crippen LogP contribution in [0.3, 0.4) is 0 Å². The number of benzene rings is 2. The number of allylic oxidation sites excluding steroid dienone is 2. The number of nitrogens with one attached hydrogen (secondary N) is 1. The number of carbonyl (C=O) groups is 1. The molecule has 1 aliphatic carbocycles. The molecule has 2 N–H and O–H groups in total. The van der Waals surface area contributed by atoms with Crippen molar-refractivity contribution in [3.05, 3.63) is 82.6 Å². The molecule has 164 valence electrons. The summed E-state index contributed by atoms with van der Waals surface area (Å²) < 4.78 is 29.7. The summed E-state index contributed by atoms with van der Waals surface area (Å²) in [4.78, 5) is 12.3. The topological polar surface area (TPSA) is 80.9 Å². The Morgan fingerprint density at radius 2 is 1.84 bits per heavy atom. The van der Waals surface area contributed by atoms with Crippen LogP contribution < -0.4 is 14.8 Å². The predicted molar refractivity (Wildman–Crippen MR) is 119 cm³/mol. The second-order valence-electron chi connectivity index (χ2n) is 7.29. The molecule has 1 aromatic heterocycles. The number of aromatic hydroxyl groups is 1. The van der Waals surface area contributed by atoms with Crippen LogP contribution in [0.15, 0.2) is 58.7 Å². The first kappa shape index (κ1) is 21.2. The largest absolute Gasteiger partial charge is 0.502 e. The van der Waals surface area contributed by atoms with Crippen LogP contribution >= 0.6 is 0 Å². The van der Waals surface area contributed by atoms with Crippen LogP contribution in [0.25, 0.3) is 17.2 Å². The number of hydrogen-bond donors (Lipinski definition) is 2. The fraction of sp³-hybridized carbons (Fsp3) is 0.160. The summed E-state index contributed by atoms with van der Waals surface area (Å²) in [5.41, 5.74) is 4.88. The molecule has 7 heteroatoms. The number of carbonyl (C=O) groups excluding carboxylic acids is 1. The SMILES string of the molecule is COc1cc(C=C2C(C)=C(CNC(=O)c3ccco3)c3cc(F)ccc32)cc(OC)c1O. The van der Waals surface area contributed by atoms with Crippen LogP contribution in [0.4, 0.5) is 4.39 Å². The minimum absolute atomic E-state index is 0.0837. The number of fused-ring (bicyclic) bond motifs is 1. The summed E-state index contributed by atoms with van der Waals surface area (Å²) in [5.74, 6) is -0.0269. The normalized spacial score (nSPS) is 13.9. The lowest BCUT2D eigenvalue weighted by Crippen LogP contribution is -2.24. The Kier molecular flexibility index (Phi) is 5.73. The summed E-state index contributed by atoms with van der Waals surface area (Å²) in [5, 5.41) is 13.0. The molecule has 0 atom stereocenters. The molecule has 0 fully saturated rings. The monoisotopic (exact) mass is 435 g/mol. The van der Waals surface area contributed by atoms with E-state index >= 15 is 0 Å². The molecule has 32 heavy (non-hydrogen) atoms. The van der Waals surface area contributed by atoms with Crippen molar-refractivity contribution in [2.45, 2.75) is 6.92 Å². The molecule has 2 aromatic carbocycles. The highest BCUT2D eigenvalue weighted by Gasteiger charge is 2.25. The van der Waals surface area contributed by atoms with E-state index in [0.717, 1.165) is 27.8 Å². The van der Waals surface area contributed by atoms with E-state index in [2.05, 4.69) is 5.32 Å². The summed E-state index contributed by atoms with van der Waals surface area (Å²) >= 11 is 0. The standard InChI is InChI=1S/C25H22FNO5/c1-14-18(9-15-10-22(30-2)24(28)23(11-15)31-3)17-7-6-16(26)12-19(17)20(14)13-27-25(29)21-5-4-8-32-21/h4-12,28H,13H2,1-3H3,(H,27,29). The fourth-order valence-corrected chi connectivity index (χ4v) is 3.81. The molecule has 6 nitrogen and oxygen atoms in total. The number of rotatable bonds is 6. The maximum absolute atomic E-state index is 14.1. The smallest absolute Gasteiger partial charge is 0.287 e. The van der Waals surface area contributed by atoms with Gasteiger partial charge in [-0.1, -0.05) is 6.07 Å². The maximum atomic E-state index is 14.1.